The second-order valence-electron chi connectivity index (χ2n) is 9.79. The smallest absolute Gasteiger partial charge is 0.164 e. The Labute approximate surface area is 248 Å². The number of rotatable bonds is 0. The minimum atomic E-state index is 0. The van der Waals surface area contributed by atoms with Crippen molar-refractivity contribution < 1.29 is 22.4 Å². The molecule has 0 unspecified atom stereocenters. The van der Waals surface area contributed by atoms with E-state index < -0.39 is 0 Å². The molecule has 0 aliphatic carbocycles. The van der Waals surface area contributed by atoms with E-state index in [4.69, 9.17) is 29.9 Å². The molecule has 41 heavy (non-hydrogen) atoms. The third-order valence-electron chi connectivity index (χ3n) is 7.46. The van der Waals surface area contributed by atoms with Gasteiger partial charge >= 0.3 is 0 Å². The van der Waals surface area contributed by atoms with Gasteiger partial charge in [-0.05, 0) is 0 Å². The molecule has 0 amide bonds. The topological polar surface area (TPSA) is 109 Å². The van der Waals surface area contributed by atoms with Gasteiger partial charge in [-0.1, -0.05) is 97.1 Å². The van der Waals surface area contributed by atoms with Crippen molar-refractivity contribution in [3.63, 3.8) is 0 Å². The Balaban J connectivity index is 0.00000256. The SMILES string of the molecule is [Au].c1ccc2c(c1)-c1nc-2nc2[nH]c(nc3nc(nc4[nH]c(n1)c1ccccc41)-c1ccccc1-3)c1ccccc21. The number of aromatic nitrogens is 8. The number of aromatic amines is 2. The van der Waals surface area contributed by atoms with E-state index in [1.54, 1.807) is 0 Å². The molecule has 0 atom stereocenters. The molecule has 2 N–H and O–H groups in total. The second-order valence-corrected chi connectivity index (χ2v) is 9.79. The van der Waals surface area contributed by atoms with Crippen LogP contribution < -0.4 is 0 Å². The number of H-pyrrole nitrogens is 2. The van der Waals surface area contributed by atoms with Gasteiger partial charge in [0.1, 0.15) is 22.6 Å². The zero-order valence-corrected chi connectivity index (χ0v) is 23.4. The van der Waals surface area contributed by atoms with E-state index in [-0.39, 0.29) is 22.4 Å². The summed E-state index contributed by atoms with van der Waals surface area (Å²) < 4.78 is 0. The molecule has 3 aromatic heterocycles. The van der Waals surface area contributed by atoms with Gasteiger partial charge in [-0.3, -0.25) is 0 Å². The molecule has 8 nitrogen and oxygen atoms in total. The van der Waals surface area contributed by atoms with Gasteiger partial charge in [-0.25, -0.2) is 29.9 Å². The van der Waals surface area contributed by atoms with Crippen LogP contribution in [-0.4, -0.2) is 39.9 Å². The van der Waals surface area contributed by atoms with Crippen LogP contribution in [0, 0.1) is 0 Å². The first kappa shape index (κ1) is 23.8. The first-order chi connectivity index (χ1) is 19.8. The van der Waals surface area contributed by atoms with Crippen LogP contribution in [0.1, 0.15) is 0 Å². The van der Waals surface area contributed by atoms with Crippen LogP contribution in [0.4, 0.5) is 0 Å². The molecule has 197 valence electrons. The van der Waals surface area contributed by atoms with Crippen molar-refractivity contribution in [1.29, 1.82) is 0 Å². The average Bonchev–Trinajstić information content (AvgIpc) is 3.73. The van der Waals surface area contributed by atoms with Crippen LogP contribution in [0.2, 0.25) is 0 Å². The number of hydrogen-bond donors (Lipinski definition) is 2. The minimum Gasteiger partial charge on any atom is -0.324 e. The van der Waals surface area contributed by atoms with E-state index in [0.717, 1.165) is 43.8 Å². The number of nitrogens with one attached hydrogen (secondary N) is 2. The third-order valence-corrected chi connectivity index (χ3v) is 7.46. The predicted molar refractivity (Wildman–Crippen MR) is 156 cm³/mol. The van der Waals surface area contributed by atoms with Crippen LogP contribution in [0.5, 0.6) is 0 Å². The average molecular weight is 712 g/mol. The quantitative estimate of drug-likeness (QED) is 0.166. The Morgan fingerprint density at radius 2 is 0.561 bits per heavy atom. The first-order valence-electron chi connectivity index (χ1n) is 13.0. The van der Waals surface area contributed by atoms with Crippen molar-refractivity contribution in [2.24, 2.45) is 0 Å². The minimum absolute atomic E-state index is 0. The summed E-state index contributed by atoms with van der Waals surface area (Å²) >= 11 is 0. The molecular formula is C32H18AuN8. The molecule has 0 saturated heterocycles. The van der Waals surface area contributed by atoms with Gasteiger partial charge < -0.3 is 9.97 Å². The molecule has 7 aromatic rings. The molecule has 9 heteroatoms. The maximum absolute atomic E-state index is 5.02. The van der Waals surface area contributed by atoms with Crippen molar-refractivity contribution in [3.8, 4) is 45.6 Å². The summed E-state index contributed by atoms with van der Waals surface area (Å²) in [7, 11) is 0. The zero-order chi connectivity index (χ0) is 26.2. The summed E-state index contributed by atoms with van der Waals surface area (Å²) in [6.07, 6.45) is 0. The fourth-order valence-electron chi connectivity index (χ4n) is 5.59. The summed E-state index contributed by atoms with van der Waals surface area (Å²) in [6.45, 7) is 0. The van der Waals surface area contributed by atoms with Crippen molar-refractivity contribution in [2.45, 2.75) is 0 Å². The maximum Gasteiger partial charge on any atom is 0.164 e. The molecule has 0 saturated carbocycles. The standard InChI is InChI=1S/C32H18N8.Au/c1-2-10-18-17(9-1)25-33-26(18)38-28-21-13-5-6-14-22(21)30(35-28)40-32-24-16-8-7-15-23(24)31(36-32)39-29-20-12-4-3-11-19(20)27(34-29)37-25;/h1-16H,(H2,33,34,35,36,37,38,39,40);. The molecule has 5 heterocycles. The van der Waals surface area contributed by atoms with Crippen LogP contribution in [0.3, 0.4) is 0 Å². The molecule has 0 fully saturated rings. The zero-order valence-electron chi connectivity index (χ0n) is 21.2. The van der Waals surface area contributed by atoms with Gasteiger partial charge in [0.05, 0.1) is 0 Å². The summed E-state index contributed by atoms with van der Waals surface area (Å²) in [4.78, 5) is 36.8. The fourth-order valence-corrected chi connectivity index (χ4v) is 5.59. The van der Waals surface area contributed by atoms with E-state index in [1.807, 2.05) is 97.1 Å². The first-order valence-corrected chi connectivity index (χ1v) is 13.0. The molecule has 1 radical (unpaired) electrons. The van der Waals surface area contributed by atoms with E-state index in [2.05, 4.69) is 9.97 Å². The summed E-state index contributed by atoms with van der Waals surface area (Å²) in [5, 5.41) is 3.82. The van der Waals surface area contributed by atoms with Crippen molar-refractivity contribution in [1.82, 2.24) is 39.9 Å². The largest absolute Gasteiger partial charge is 0.324 e. The van der Waals surface area contributed by atoms with E-state index in [0.29, 0.717) is 45.9 Å². The van der Waals surface area contributed by atoms with Crippen molar-refractivity contribution in [2.75, 3.05) is 0 Å². The molecule has 0 spiro atoms. The van der Waals surface area contributed by atoms with Gasteiger partial charge in [-0.2, -0.15) is 0 Å². The number of benzene rings is 4. The van der Waals surface area contributed by atoms with Crippen LogP contribution >= 0.6 is 0 Å². The third kappa shape index (κ3) is 3.59. The molecule has 2 aliphatic rings. The predicted octanol–water partition coefficient (Wildman–Crippen LogP) is 6.87. The normalized spacial score (nSPS) is 11.7. The van der Waals surface area contributed by atoms with Gasteiger partial charge in [0.25, 0.3) is 0 Å². The maximum atomic E-state index is 5.02. The summed E-state index contributed by atoms with van der Waals surface area (Å²) in [5.74, 6) is 2.39. The van der Waals surface area contributed by atoms with Crippen LogP contribution in [0.15, 0.2) is 97.1 Å². The monoisotopic (exact) mass is 711 g/mol. The Bertz CT molecular complexity index is 2030. The number of hydrogen-bond acceptors (Lipinski definition) is 6. The Morgan fingerprint density at radius 1 is 0.317 bits per heavy atom. The van der Waals surface area contributed by atoms with Gasteiger partial charge in [0.15, 0.2) is 23.3 Å². The number of nitrogens with zero attached hydrogens (tertiary/aromatic N) is 6. The van der Waals surface area contributed by atoms with Crippen molar-refractivity contribution in [3.05, 3.63) is 97.1 Å². The second kappa shape index (κ2) is 9.00. The molecule has 8 bridgehead atoms. The Kier molecular flexibility index (Phi) is 5.23. The van der Waals surface area contributed by atoms with E-state index >= 15 is 0 Å². The summed E-state index contributed by atoms with van der Waals surface area (Å²) in [6, 6.07) is 32.2. The van der Waals surface area contributed by atoms with Crippen LogP contribution in [0.25, 0.3) is 89.7 Å². The van der Waals surface area contributed by atoms with Crippen molar-refractivity contribution >= 4 is 44.1 Å². The Morgan fingerprint density at radius 3 is 0.829 bits per heavy atom. The molecule has 2 aliphatic heterocycles. The van der Waals surface area contributed by atoms with Crippen LogP contribution in [-0.2, 0) is 22.4 Å². The fraction of sp³-hybridized carbons (Fsp3) is 0. The molecule has 9 rings (SSSR count). The molecular weight excluding hydrogens is 693 g/mol. The van der Waals surface area contributed by atoms with Gasteiger partial charge in [-0.15, -0.1) is 0 Å². The van der Waals surface area contributed by atoms with Gasteiger partial charge in [0, 0.05) is 66.2 Å². The van der Waals surface area contributed by atoms with Gasteiger partial charge in [0.2, 0.25) is 0 Å². The Hall–Kier alpha value is -5.02. The summed E-state index contributed by atoms with van der Waals surface area (Å²) in [5.41, 5.74) is 6.45. The van der Waals surface area contributed by atoms with E-state index in [9.17, 15) is 0 Å². The molecule has 4 aromatic carbocycles. The van der Waals surface area contributed by atoms with E-state index in [1.165, 1.54) is 0 Å². The number of fused-ring (bicyclic) bond motifs is 20.